The minimum atomic E-state index is -4.32. The molecule has 0 atom stereocenters. The first-order valence-electron chi connectivity index (χ1n) is 5.18. The molecule has 0 radical (unpaired) electrons. The van der Waals surface area contributed by atoms with Gasteiger partial charge in [-0.15, -0.1) is 0 Å². The Labute approximate surface area is 106 Å². The first-order valence-corrected chi connectivity index (χ1v) is 5.56. The molecule has 0 saturated heterocycles. The summed E-state index contributed by atoms with van der Waals surface area (Å²) in [7, 11) is 0. The molecule has 0 aromatic carbocycles. The van der Waals surface area contributed by atoms with E-state index in [-0.39, 0.29) is 30.3 Å². The van der Waals surface area contributed by atoms with Crippen molar-refractivity contribution >= 4 is 17.5 Å². The molecule has 98 valence electrons. The summed E-state index contributed by atoms with van der Waals surface area (Å²) in [6.45, 7) is -0.0547. The largest absolute Gasteiger partial charge is 0.452 e. The predicted molar refractivity (Wildman–Crippen MR) is 58.4 cm³/mol. The molecular formula is C11H9ClF3NO2. The highest BCUT2D eigenvalue weighted by atomic mass is 35.5. The van der Waals surface area contributed by atoms with E-state index in [1.807, 2.05) is 0 Å². The lowest BCUT2D eigenvalue weighted by Crippen LogP contribution is -2.36. The molecule has 0 saturated carbocycles. The molecule has 7 heteroatoms. The average Bonchev–Trinajstić information content (AvgIpc) is 2.73. The van der Waals surface area contributed by atoms with Crippen LogP contribution in [0.25, 0.3) is 0 Å². The highest BCUT2D eigenvalue weighted by molar-refractivity contribution is 6.32. The third-order valence-electron chi connectivity index (χ3n) is 2.71. The molecule has 1 aliphatic heterocycles. The summed E-state index contributed by atoms with van der Waals surface area (Å²) in [5.74, 6) is -0.425. The van der Waals surface area contributed by atoms with Crippen molar-refractivity contribution in [3.05, 3.63) is 34.8 Å². The van der Waals surface area contributed by atoms with Gasteiger partial charge in [0.15, 0.2) is 0 Å². The van der Waals surface area contributed by atoms with Crippen molar-refractivity contribution in [3.8, 4) is 0 Å². The molecule has 3 nitrogen and oxygen atoms in total. The van der Waals surface area contributed by atoms with Crippen LogP contribution in [-0.2, 0) is 0 Å². The van der Waals surface area contributed by atoms with Gasteiger partial charge in [-0.3, -0.25) is 4.79 Å². The normalized spacial score (nSPS) is 16.7. The molecule has 0 spiro atoms. The second-order valence-corrected chi connectivity index (χ2v) is 4.18. The van der Waals surface area contributed by atoms with Crippen molar-refractivity contribution in [2.45, 2.75) is 12.6 Å². The summed E-state index contributed by atoms with van der Waals surface area (Å²) in [5, 5.41) is -0.0504. The number of amides is 1. The molecule has 2 heterocycles. The quantitative estimate of drug-likeness (QED) is 0.739. The van der Waals surface area contributed by atoms with Crippen molar-refractivity contribution in [2.24, 2.45) is 0 Å². The molecule has 2 rings (SSSR count). The lowest BCUT2D eigenvalue weighted by atomic mass is 10.1. The number of nitrogens with zero attached hydrogens (tertiary/aromatic N) is 1. The van der Waals surface area contributed by atoms with Gasteiger partial charge in [0.1, 0.15) is 0 Å². The maximum Gasteiger partial charge on any atom is 0.412 e. The summed E-state index contributed by atoms with van der Waals surface area (Å²) in [6, 6.07) is 1.40. The van der Waals surface area contributed by atoms with E-state index >= 15 is 0 Å². The monoisotopic (exact) mass is 279 g/mol. The average molecular weight is 280 g/mol. The second kappa shape index (κ2) is 4.68. The molecule has 1 aromatic rings. The van der Waals surface area contributed by atoms with Crippen LogP contribution in [0.2, 0.25) is 5.22 Å². The SMILES string of the molecule is O=C(c1ccoc1Cl)N1CC=C(C(F)(F)F)CC1. The van der Waals surface area contributed by atoms with Gasteiger partial charge < -0.3 is 9.32 Å². The zero-order valence-corrected chi connectivity index (χ0v) is 9.88. The Morgan fingerprint density at radius 1 is 1.44 bits per heavy atom. The fraction of sp³-hybridized carbons (Fsp3) is 0.364. The van der Waals surface area contributed by atoms with E-state index in [2.05, 4.69) is 0 Å². The third-order valence-corrected chi connectivity index (χ3v) is 3.00. The van der Waals surface area contributed by atoms with Gasteiger partial charge in [-0.2, -0.15) is 13.2 Å². The van der Waals surface area contributed by atoms with E-state index in [9.17, 15) is 18.0 Å². The Hall–Kier alpha value is -1.43. The van der Waals surface area contributed by atoms with Gasteiger partial charge >= 0.3 is 6.18 Å². The molecule has 1 aromatic heterocycles. The molecule has 1 aliphatic rings. The first-order chi connectivity index (χ1) is 8.39. The smallest absolute Gasteiger partial charge is 0.412 e. The molecule has 0 N–H and O–H groups in total. The number of carbonyl (C=O) groups is 1. The second-order valence-electron chi connectivity index (χ2n) is 3.84. The highest BCUT2D eigenvalue weighted by Gasteiger charge is 2.35. The molecule has 18 heavy (non-hydrogen) atoms. The fourth-order valence-electron chi connectivity index (χ4n) is 1.73. The number of carbonyl (C=O) groups excluding carboxylic acids is 1. The Morgan fingerprint density at radius 2 is 2.17 bits per heavy atom. The molecule has 0 aliphatic carbocycles. The lowest BCUT2D eigenvalue weighted by Gasteiger charge is -2.27. The van der Waals surface area contributed by atoms with Gasteiger partial charge in [-0.25, -0.2) is 0 Å². The number of furan rings is 1. The molecule has 0 fully saturated rings. The van der Waals surface area contributed by atoms with Gasteiger partial charge in [0, 0.05) is 18.7 Å². The van der Waals surface area contributed by atoms with Crippen LogP contribution in [-0.4, -0.2) is 30.1 Å². The van der Waals surface area contributed by atoms with E-state index in [0.717, 1.165) is 6.08 Å². The minimum Gasteiger partial charge on any atom is -0.452 e. The van der Waals surface area contributed by atoms with Crippen LogP contribution >= 0.6 is 11.6 Å². The van der Waals surface area contributed by atoms with Crippen molar-refractivity contribution in [1.82, 2.24) is 4.90 Å². The van der Waals surface area contributed by atoms with Crippen LogP contribution in [0.5, 0.6) is 0 Å². The number of rotatable bonds is 1. The van der Waals surface area contributed by atoms with Crippen LogP contribution in [0.15, 0.2) is 28.4 Å². The van der Waals surface area contributed by atoms with Crippen LogP contribution in [0.1, 0.15) is 16.8 Å². The Kier molecular flexibility index (Phi) is 3.38. The summed E-state index contributed by atoms with van der Waals surface area (Å²) in [4.78, 5) is 13.2. The molecule has 1 amide bonds. The number of hydrogen-bond acceptors (Lipinski definition) is 2. The summed E-state index contributed by atoms with van der Waals surface area (Å²) in [6.07, 6.45) is -2.24. The summed E-state index contributed by atoms with van der Waals surface area (Å²) >= 11 is 5.65. The van der Waals surface area contributed by atoms with E-state index < -0.39 is 17.7 Å². The van der Waals surface area contributed by atoms with Gasteiger partial charge in [0.05, 0.1) is 11.8 Å². The van der Waals surface area contributed by atoms with Crippen LogP contribution in [0.3, 0.4) is 0 Å². The first kappa shape index (κ1) is 13.0. The number of alkyl halides is 3. The maximum absolute atomic E-state index is 12.4. The zero-order chi connectivity index (χ0) is 13.3. The van der Waals surface area contributed by atoms with Crippen molar-refractivity contribution < 1.29 is 22.4 Å². The van der Waals surface area contributed by atoms with E-state index in [1.54, 1.807) is 0 Å². The fourth-order valence-corrected chi connectivity index (χ4v) is 1.92. The van der Waals surface area contributed by atoms with Gasteiger partial charge in [-0.05, 0) is 24.1 Å². The van der Waals surface area contributed by atoms with Gasteiger partial charge in [-0.1, -0.05) is 6.08 Å². The number of halogens is 4. The van der Waals surface area contributed by atoms with E-state index in [4.69, 9.17) is 16.0 Å². The maximum atomic E-state index is 12.4. The molecule has 0 bridgehead atoms. The number of hydrogen-bond donors (Lipinski definition) is 0. The van der Waals surface area contributed by atoms with Crippen molar-refractivity contribution in [3.63, 3.8) is 0 Å². The predicted octanol–water partition coefficient (Wildman–Crippen LogP) is 3.27. The highest BCUT2D eigenvalue weighted by Crippen LogP contribution is 2.30. The van der Waals surface area contributed by atoms with E-state index in [0.29, 0.717) is 0 Å². The molecule has 0 unspecified atom stereocenters. The van der Waals surface area contributed by atoms with Crippen LogP contribution < -0.4 is 0 Å². The van der Waals surface area contributed by atoms with Crippen molar-refractivity contribution in [1.29, 1.82) is 0 Å². The van der Waals surface area contributed by atoms with Crippen molar-refractivity contribution in [2.75, 3.05) is 13.1 Å². The Balaban J connectivity index is 2.09. The Morgan fingerprint density at radius 3 is 2.61 bits per heavy atom. The van der Waals surface area contributed by atoms with E-state index in [1.165, 1.54) is 17.2 Å². The van der Waals surface area contributed by atoms with Crippen LogP contribution in [0.4, 0.5) is 13.2 Å². The third kappa shape index (κ3) is 2.53. The minimum absolute atomic E-state index is 0.0195. The lowest BCUT2D eigenvalue weighted by molar-refractivity contribution is -0.0957. The molecular weight excluding hydrogens is 271 g/mol. The van der Waals surface area contributed by atoms with Gasteiger partial charge in [0.25, 0.3) is 5.91 Å². The standard InChI is InChI=1S/C11H9ClF3NO2/c12-9-8(3-6-18-9)10(17)16-4-1-7(2-5-16)11(13,14)15/h1,3,6H,2,4-5H2. The summed E-state index contributed by atoms with van der Waals surface area (Å²) < 4.78 is 42.0. The van der Waals surface area contributed by atoms with Crippen LogP contribution in [0, 0.1) is 0 Å². The zero-order valence-electron chi connectivity index (χ0n) is 9.13. The Bertz CT molecular complexity index is 493. The topological polar surface area (TPSA) is 33.5 Å². The summed E-state index contributed by atoms with van der Waals surface area (Å²) in [5.41, 5.74) is -0.426. The van der Waals surface area contributed by atoms with Gasteiger partial charge in [0.2, 0.25) is 5.22 Å².